The zero-order valence-electron chi connectivity index (χ0n) is 11.5. The molecule has 1 unspecified atom stereocenters. The number of carbonyl (C=O) groups excluding carboxylic acids is 1. The molecule has 0 aliphatic heterocycles. The van der Waals surface area contributed by atoms with E-state index in [2.05, 4.69) is 19.2 Å². The molecule has 4 nitrogen and oxygen atoms in total. The molecule has 0 fully saturated rings. The van der Waals surface area contributed by atoms with Gasteiger partial charge in [-0.15, -0.1) is 0 Å². The number of hydrogen-bond acceptors (Lipinski definition) is 3. The fraction of sp³-hybridized carbons (Fsp3) is 0.923. The van der Waals surface area contributed by atoms with Crippen molar-refractivity contribution < 1.29 is 9.53 Å². The first-order chi connectivity index (χ1) is 8.07. The maximum atomic E-state index is 11.6. The van der Waals surface area contributed by atoms with Crippen LogP contribution in [-0.4, -0.2) is 32.2 Å². The van der Waals surface area contributed by atoms with Crippen LogP contribution in [0.15, 0.2) is 0 Å². The molecular weight excluding hydrogens is 216 g/mol. The van der Waals surface area contributed by atoms with Gasteiger partial charge in [-0.1, -0.05) is 26.7 Å². The maximum Gasteiger partial charge on any atom is 0.236 e. The summed E-state index contributed by atoms with van der Waals surface area (Å²) in [5.74, 6) is 0.702. The van der Waals surface area contributed by atoms with Gasteiger partial charge in [0, 0.05) is 20.3 Å². The first-order valence-corrected chi connectivity index (χ1v) is 6.60. The largest absolute Gasteiger partial charge is 0.385 e. The third-order valence-corrected chi connectivity index (χ3v) is 2.71. The predicted molar refractivity (Wildman–Crippen MR) is 70.8 cm³/mol. The van der Waals surface area contributed by atoms with E-state index >= 15 is 0 Å². The van der Waals surface area contributed by atoms with Crippen LogP contribution in [0.5, 0.6) is 0 Å². The molecule has 0 rings (SSSR count). The van der Waals surface area contributed by atoms with E-state index in [1.807, 2.05) is 0 Å². The highest BCUT2D eigenvalue weighted by Gasteiger charge is 2.11. The Labute approximate surface area is 105 Å². The third-order valence-electron chi connectivity index (χ3n) is 2.71. The van der Waals surface area contributed by atoms with Crippen molar-refractivity contribution in [1.82, 2.24) is 5.32 Å². The van der Waals surface area contributed by atoms with Crippen LogP contribution in [0.1, 0.15) is 46.0 Å². The van der Waals surface area contributed by atoms with Crippen LogP contribution in [0.3, 0.4) is 0 Å². The van der Waals surface area contributed by atoms with Crippen LogP contribution in [0.2, 0.25) is 0 Å². The number of amides is 1. The molecule has 0 spiro atoms. The fourth-order valence-electron chi connectivity index (χ4n) is 1.60. The van der Waals surface area contributed by atoms with Crippen molar-refractivity contribution in [2.24, 2.45) is 11.7 Å². The van der Waals surface area contributed by atoms with Gasteiger partial charge in [0.25, 0.3) is 0 Å². The van der Waals surface area contributed by atoms with Gasteiger partial charge in [0.1, 0.15) is 0 Å². The monoisotopic (exact) mass is 244 g/mol. The number of carbonyl (C=O) groups is 1. The third kappa shape index (κ3) is 10.3. The molecule has 0 radical (unpaired) electrons. The summed E-state index contributed by atoms with van der Waals surface area (Å²) in [6, 6.07) is -0.393. The number of nitrogens with two attached hydrogens (primary N) is 1. The van der Waals surface area contributed by atoms with Crippen molar-refractivity contribution in [3.05, 3.63) is 0 Å². The van der Waals surface area contributed by atoms with Crippen LogP contribution >= 0.6 is 0 Å². The lowest BCUT2D eigenvalue weighted by Crippen LogP contribution is -2.41. The number of hydrogen-bond donors (Lipinski definition) is 2. The van der Waals surface area contributed by atoms with Gasteiger partial charge in [-0.25, -0.2) is 0 Å². The van der Waals surface area contributed by atoms with Crippen molar-refractivity contribution in [2.45, 2.75) is 52.0 Å². The average molecular weight is 244 g/mol. The summed E-state index contributed by atoms with van der Waals surface area (Å²) in [7, 11) is 1.65. The van der Waals surface area contributed by atoms with E-state index < -0.39 is 6.04 Å². The summed E-state index contributed by atoms with van der Waals surface area (Å²) in [5, 5.41) is 2.88. The first-order valence-electron chi connectivity index (χ1n) is 6.60. The summed E-state index contributed by atoms with van der Waals surface area (Å²) in [4.78, 5) is 11.6. The van der Waals surface area contributed by atoms with E-state index in [1.54, 1.807) is 7.11 Å². The molecule has 0 saturated heterocycles. The quantitative estimate of drug-likeness (QED) is 0.575. The van der Waals surface area contributed by atoms with Gasteiger partial charge in [-0.05, 0) is 25.2 Å². The highest BCUT2D eigenvalue weighted by atomic mass is 16.5. The summed E-state index contributed by atoms with van der Waals surface area (Å²) in [6.07, 6.45) is 4.94. The van der Waals surface area contributed by atoms with Crippen LogP contribution in [-0.2, 0) is 9.53 Å². The average Bonchev–Trinajstić information content (AvgIpc) is 2.28. The summed E-state index contributed by atoms with van der Waals surface area (Å²) < 4.78 is 4.92. The Hall–Kier alpha value is -0.610. The highest BCUT2D eigenvalue weighted by molar-refractivity contribution is 5.81. The molecule has 0 bridgehead atoms. The number of unbranched alkanes of at least 4 members (excludes halogenated alkanes) is 1. The molecule has 17 heavy (non-hydrogen) atoms. The van der Waals surface area contributed by atoms with Crippen LogP contribution in [0.25, 0.3) is 0 Å². The van der Waals surface area contributed by atoms with E-state index in [1.165, 1.54) is 6.42 Å². The Bertz CT molecular complexity index is 196. The second-order valence-corrected chi connectivity index (χ2v) is 4.92. The molecule has 0 heterocycles. The molecule has 0 saturated carbocycles. The Kier molecular flexibility index (Phi) is 10.2. The summed E-state index contributed by atoms with van der Waals surface area (Å²) in [5.41, 5.74) is 5.75. The number of methoxy groups -OCH3 is 1. The van der Waals surface area contributed by atoms with Gasteiger partial charge in [0.15, 0.2) is 0 Å². The first kappa shape index (κ1) is 16.4. The van der Waals surface area contributed by atoms with Gasteiger partial charge < -0.3 is 15.8 Å². The van der Waals surface area contributed by atoms with Gasteiger partial charge in [0.05, 0.1) is 6.04 Å². The molecule has 0 aromatic carbocycles. The number of nitrogens with one attached hydrogen (secondary N) is 1. The SMILES string of the molecule is COCCCC(N)C(=O)NCCCCC(C)C. The number of ether oxygens (including phenoxy) is 1. The van der Waals surface area contributed by atoms with Crippen molar-refractivity contribution in [2.75, 3.05) is 20.3 Å². The zero-order valence-corrected chi connectivity index (χ0v) is 11.5. The van der Waals surface area contributed by atoms with Crippen molar-refractivity contribution in [3.8, 4) is 0 Å². The van der Waals surface area contributed by atoms with Gasteiger partial charge >= 0.3 is 0 Å². The standard InChI is InChI=1S/C13H28N2O2/c1-11(2)7-4-5-9-15-13(16)12(14)8-6-10-17-3/h11-12H,4-10,14H2,1-3H3,(H,15,16). The lowest BCUT2D eigenvalue weighted by atomic mass is 10.1. The minimum absolute atomic E-state index is 0.0364. The smallest absolute Gasteiger partial charge is 0.236 e. The Morgan fingerprint density at radius 3 is 2.53 bits per heavy atom. The van der Waals surface area contributed by atoms with Crippen molar-refractivity contribution >= 4 is 5.91 Å². The van der Waals surface area contributed by atoms with E-state index in [0.717, 1.165) is 31.7 Å². The molecule has 0 aromatic rings. The molecular formula is C13H28N2O2. The van der Waals surface area contributed by atoms with Crippen LogP contribution in [0, 0.1) is 5.92 Å². The Balaban J connectivity index is 3.44. The van der Waals surface area contributed by atoms with E-state index in [-0.39, 0.29) is 5.91 Å². The van der Waals surface area contributed by atoms with Gasteiger partial charge in [0.2, 0.25) is 5.91 Å². The van der Waals surface area contributed by atoms with E-state index in [9.17, 15) is 4.79 Å². The normalized spacial score (nSPS) is 12.8. The molecule has 3 N–H and O–H groups in total. The van der Waals surface area contributed by atoms with Crippen LogP contribution in [0.4, 0.5) is 0 Å². The molecule has 0 aliphatic rings. The predicted octanol–water partition coefficient (Wildman–Crippen LogP) is 1.68. The molecule has 102 valence electrons. The Morgan fingerprint density at radius 2 is 1.94 bits per heavy atom. The molecule has 0 aromatic heterocycles. The van der Waals surface area contributed by atoms with Crippen molar-refractivity contribution in [1.29, 1.82) is 0 Å². The van der Waals surface area contributed by atoms with E-state index in [0.29, 0.717) is 13.0 Å². The van der Waals surface area contributed by atoms with Crippen molar-refractivity contribution in [3.63, 3.8) is 0 Å². The minimum atomic E-state index is -0.393. The zero-order chi connectivity index (χ0) is 13.1. The van der Waals surface area contributed by atoms with Gasteiger partial charge in [-0.2, -0.15) is 0 Å². The topological polar surface area (TPSA) is 64.3 Å². The fourth-order valence-corrected chi connectivity index (χ4v) is 1.60. The minimum Gasteiger partial charge on any atom is -0.385 e. The highest BCUT2D eigenvalue weighted by Crippen LogP contribution is 2.05. The second-order valence-electron chi connectivity index (χ2n) is 4.92. The second kappa shape index (κ2) is 10.5. The van der Waals surface area contributed by atoms with Crippen LogP contribution < -0.4 is 11.1 Å². The lowest BCUT2D eigenvalue weighted by Gasteiger charge is -2.12. The molecule has 0 aliphatic carbocycles. The Morgan fingerprint density at radius 1 is 1.24 bits per heavy atom. The van der Waals surface area contributed by atoms with E-state index in [4.69, 9.17) is 10.5 Å². The molecule has 1 atom stereocenters. The summed E-state index contributed by atoms with van der Waals surface area (Å²) in [6.45, 7) is 5.83. The molecule has 1 amide bonds. The maximum absolute atomic E-state index is 11.6. The molecule has 4 heteroatoms. The lowest BCUT2D eigenvalue weighted by molar-refractivity contribution is -0.122. The summed E-state index contributed by atoms with van der Waals surface area (Å²) >= 11 is 0. The van der Waals surface area contributed by atoms with Gasteiger partial charge in [-0.3, -0.25) is 4.79 Å². The number of rotatable bonds is 10.